The first-order valence-corrected chi connectivity index (χ1v) is 10.2. The summed E-state index contributed by atoms with van der Waals surface area (Å²) in [6.07, 6.45) is -4.27. The average Bonchev–Trinajstić information content (AvgIpc) is 2.69. The summed E-state index contributed by atoms with van der Waals surface area (Å²) < 4.78 is 64.9. The van der Waals surface area contributed by atoms with E-state index >= 15 is 0 Å². The summed E-state index contributed by atoms with van der Waals surface area (Å²) >= 11 is 0. The summed E-state index contributed by atoms with van der Waals surface area (Å²) in [7, 11) is -3.94. The highest BCUT2D eigenvalue weighted by atomic mass is 32.2. The van der Waals surface area contributed by atoms with Crippen LogP contribution >= 0.6 is 0 Å². The van der Waals surface area contributed by atoms with Crippen LogP contribution in [0.5, 0.6) is 5.75 Å². The monoisotopic (exact) mass is 445 g/mol. The number of piperazine rings is 1. The predicted octanol–water partition coefficient (Wildman–Crippen LogP) is 1.94. The molecule has 8 nitrogen and oxygen atoms in total. The summed E-state index contributed by atoms with van der Waals surface area (Å²) in [5.41, 5.74) is -0.881. The fourth-order valence-corrected chi connectivity index (χ4v) is 4.55. The molecule has 0 unspecified atom stereocenters. The maximum Gasteiger partial charge on any atom is 0.417 e. The topological polar surface area (TPSA) is 111 Å². The molecule has 2 N–H and O–H groups in total. The maximum absolute atomic E-state index is 12.9. The zero-order chi connectivity index (χ0) is 22.1. The summed E-state index contributed by atoms with van der Waals surface area (Å²) in [4.78, 5) is 16.2. The van der Waals surface area contributed by atoms with Crippen molar-refractivity contribution in [3.63, 3.8) is 0 Å². The van der Waals surface area contributed by atoms with Gasteiger partial charge in [-0.05, 0) is 30.3 Å². The molecular weight excluding hydrogens is 427 g/mol. The highest BCUT2D eigenvalue weighted by Gasteiger charge is 2.32. The van der Waals surface area contributed by atoms with Crippen LogP contribution in [-0.4, -0.2) is 60.1 Å². The van der Waals surface area contributed by atoms with E-state index < -0.39 is 34.2 Å². The number of benzene rings is 1. The fraction of sp³-hybridized carbons (Fsp3) is 0.333. The number of nitrogens with zero attached hydrogens (tertiary/aromatic N) is 3. The average molecular weight is 445 g/mol. The van der Waals surface area contributed by atoms with Gasteiger partial charge < -0.3 is 15.1 Å². The lowest BCUT2D eigenvalue weighted by Gasteiger charge is -2.34. The number of carbonyl (C=O) groups is 1. The SMILES string of the molecule is O=C(O)Cc1cc(S(=O)(=O)N2CCN(c3ccc(C(F)(F)F)cn3)CC2)ccc1O. The third-order valence-corrected chi connectivity index (χ3v) is 6.56. The van der Waals surface area contributed by atoms with Crippen LogP contribution in [0.25, 0.3) is 0 Å². The number of phenols is 1. The van der Waals surface area contributed by atoms with Crippen LogP contribution < -0.4 is 4.90 Å². The van der Waals surface area contributed by atoms with Crippen molar-refractivity contribution in [2.24, 2.45) is 0 Å². The van der Waals surface area contributed by atoms with E-state index in [0.29, 0.717) is 5.82 Å². The van der Waals surface area contributed by atoms with Crippen molar-refractivity contribution >= 4 is 21.8 Å². The second-order valence-electron chi connectivity index (χ2n) is 6.65. The Morgan fingerprint density at radius 3 is 2.30 bits per heavy atom. The molecule has 30 heavy (non-hydrogen) atoms. The zero-order valence-electron chi connectivity index (χ0n) is 15.5. The number of rotatable bonds is 5. The first-order chi connectivity index (χ1) is 14.0. The minimum atomic E-state index is -4.48. The molecule has 0 spiro atoms. The van der Waals surface area contributed by atoms with Gasteiger partial charge >= 0.3 is 12.1 Å². The van der Waals surface area contributed by atoms with E-state index in [0.717, 1.165) is 24.4 Å². The summed E-state index contributed by atoms with van der Waals surface area (Å²) in [6.45, 7) is 0.579. The molecule has 0 atom stereocenters. The van der Waals surface area contributed by atoms with Crippen molar-refractivity contribution in [3.8, 4) is 5.75 Å². The van der Waals surface area contributed by atoms with Crippen LogP contribution in [0, 0.1) is 0 Å². The Labute approximate surface area is 170 Å². The Balaban J connectivity index is 1.72. The van der Waals surface area contributed by atoms with Gasteiger partial charge in [0.2, 0.25) is 10.0 Å². The lowest BCUT2D eigenvalue weighted by molar-refractivity contribution is -0.138. The first kappa shape index (κ1) is 21.8. The minimum absolute atomic E-state index is 0.0174. The van der Waals surface area contributed by atoms with Gasteiger partial charge in [0.1, 0.15) is 11.6 Å². The third-order valence-electron chi connectivity index (χ3n) is 4.67. The molecule has 2 heterocycles. The van der Waals surface area contributed by atoms with Crippen molar-refractivity contribution in [3.05, 3.63) is 47.7 Å². The molecule has 162 valence electrons. The molecule has 3 rings (SSSR count). The number of anilines is 1. The number of aromatic nitrogens is 1. The lowest BCUT2D eigenvalue weighted by atomic mass is 10.1. The van der Waals surface area contributed by atoms with Crippen molar-refractivity contribution in [2.75, 3.05) is 31.1 Å². The smallest absolute Gasteiger partial charge is 0.417 e. The number of carboxylic acid groups (broad SMARTS) is 1. The fourth-order valence-electron chi connectivity index (χ4n) is 3.07. The van der Waals surface area contributed by atoms with Crippen molar-refractivity contribution in [2.45, 2.75) is 17.5 Å². The van der Waals surface area contributed by atoms with Gasteiger partial charge in [-0.15, -0.1) is 0 Å². The molecule has 12 heteroatoms. The van der Waals surface area contributed by atoms with Crippen LogP contribution in [0.1, 0.15) is 11.1 Å². The molecular formula is C18H18F3N3O5S. The van der Waals surface area contributed by atoms with E-state index in [9.17, 15) is 31.5 Å². The van der Waals surface area contributed by atoms with E-state index in [4.69, 9.17) is 5.11 Å². The second-order valence-corrected chi connectivity index (χ2v) is 8.59. The van der Waals surface area contributed by atoms with Crippen LogP contribution in [-0.2, 0) is 27.4 Å². The molecule has 1 saturated heterocycles. The number of hydrogen-bond donors (Lipinski definition) is 2. The molecule has 0 saturated carbocycles. The van der Waals surface area contributed by atoms with Crippen LogP contribution in [0.3, 0.4) is 0 Å². The van der Waals surface area contributed by atoms with Gasteiger partial charge in [0, 0.05) is 37.9 Å². The molecule has 0 aliphatic carbocycles. The number of aromatic hydroxyl groups is 1. The van der Waals surface area contributed by atoms with E-state index in [-0.39, 0.29) is 42.4 Å². The van der Waals surface area contributed by atoms with Gasteiger partial charge in [0.25, 0.3) is 0 Å². The normalized spacial score (nSPS) is 15.9. The summed E-state index contributed by atoms with van der Waals surface area (Å²) in [5.74, 6) is -1.21. The van der Waals surface area contributed by atoms with Gasteiger partial charge in [-0.2, -0.15) is 17.5 Å². The molecule has 1 fully saturated rings. The second kappa shape index (κ2) is 8.11. The van der Waals surface area contributed by atoms with E-state index in [1.165, 1.54) is 16.4 Å². The standard InChI is InChI=1S/C18H18F3N3O5S/c19-18(20,21)13-1-4-16(22-11-13)23-5-7-24(8-6-23)30(28,29)14-2-3-15(25)12(9-14)10-17(26)27/h1-4,9,11,25H,5-8,10H2,(H,26,27). The van der Waals surface area contributed by atoms with E-state index in [1.807, 2.05) is 0 Å². The third kappa shape index (κ3) is 4.65. The van der Waals surface area contributed by atoms with Crippen LogP contribution in [0.15, 0.2) is 41.4 Å². The quantitative estimate of drug-likeness (QED) is 0.724. The Kier molecular flexibility index (Phi) is 5.90. The number of aliphatic carboxylic acids is 1. The Hall–Kier alpha value is -2.86. The van der Waals surface area contributed by atoms with Gasteiger partial charge in [0.15, 0.2) is 0 Å². The molecule has 1 aliphatic heterocycles. The number of hydrogen-bond acceptors (Lipinski definition) is 6. The number of alkyl halides is 3. The predicted molar refractivity (Wildman–Crippen MR) is 99.7 cm³/mol. The molecule has 1 aliphatic rings. The number of halogens is 3. The van der Waals surface area contributed by atoms with E-state index in [2.05, 4.69) is 4.98 Å². The Morgan fingerprint density at radius 1 is 1.10 bits per heavy atom. The Morgan fingerprint density at radius 2 is 1.77 bits per heavy atom. The van der Waals surface area contributed by atoms with Crippen molar-refractivity contribution in [1.82, 2.24) is 9.29 Å². The van der Waals surface area contributed by atoms with Gasteiger partial charge in [0.05, 0.1) is 16.9 Å². The van der Waals surface area contributed by atoms with Gasteiger partial charge in [-0.3, -0.25) is 4.79 Å². The maximum atomic E-state index is 12.9. The molecule has 1 aromatic heterocycles. The molecule has 0 bridgehead atoms. The summed E-state index contributed by atoms with van der Waals surface area (Å²) in [5, 5.41) is 18.6. The summed E-state index contributed by atoms with van der Waals surface area (Å²) in [6, 6.07) is 5.62. The first-order valence-electron chi connectivity index (χ1n) is 8.80. The number of sulfonamides is 1. The number of phenolic OH excluding ortho intramolecular Hbond substituents is 1. The number of carboxylic acids is 1. The van der Waals surface area contributed by atoms with Crippen molar-refractivity contribution < 1.29 is 36.6 Å². The number of pyridine rings is 1. The van der Waals surface area contributed by atoms with Gasteiger partial charge in [-0.25, -0.2) is 13.4 Å². The largest absolute Gasteiger partial charge is 0.508 e. The molecule has 2 aromatic rings. The molecule has 1 aromatic carbocycles. The van der Waals surface area contributed by atoms with Crippen LogP contribution in [0.4, 0.5) is 19.0 Å². The van der Waals surface area contributed by atoms with Crippen LogP contribution in [0.2, 0.25) is 0 Å². The highest BCUT2D eigenvalue weighted by Crippen LogP contribution is 2.30. The highest BCUT2D eigenvalue weighted by molar-refractivity contribution is 7.89. The van der Waals surface area contributed by atoms with Crippen molar-refractivity contribution in [1.29, 1.82) is 0 Å². The molecule has 0 amide bonds. The van der Waals surface area contributed by atoms with E-state index in [1.54, 1.807) is 4.90 Å². The Bertz CT molecular complexity index is 1030. The lowest BCUT2D eigenvalue weighted by Crippen LogP contribution is -2.48. The molecule has 0 radical (unpaired) electrons. The van der Waals surface area contributed by atoms with Gasteiger partial charge in [-0.1, -0.05) is 0 Å². The zero-order valence-corrected chi connectivity index (χ0v) is 16.3. The minimum Gasteiger partial charge on any atom is -0.508 e.